The summed E-state index contributed by atoms with van der Waals surface area (Å²) in [6, 6.07) is 5.94. The van der Waals surface area contributed by atoms with Crippen molar-refractivity contribution in [3.8, 4) is 0 Å². The van der Waals surface area contributed by atoms with E-state index in [9.17, 15) is 0 Å². The Kier molecular flexibility index (Phi) is 4.87. The first kappa shape index (κ1) is 14.2. The minimum absolute atomic E-state index is 0.663. The molecule has 5 nitrogen and oxygen atoms in total. The van der Waals surface area contributed by atoms with Gasteiger partial charge in [-0.3, -0.25) is 4.98 Å². The number of hydrogen-bond acceptors (Lipinski definition) is 5. The normalized spacial score (nSPS) is 10.3. The van der Waals surface area contributed by atoms with Gasteiger partial charge in [0.25, 0.3) is 0 Å². The quantitative estimate of drug-likeness (QED) is 0.845. The van der Waals surface area contributed by atoms with Crippen LogP contribution >= 0.6 is 0 Å². The predicted molar refractivity (Wildman–Crippen MR) is 81.9 cm³/mol. The van der Waals surface area contributed by atoms with Crippen molar-refractivity contribution in [2.75, 3.05) is 17.2 Å². The SMILES string of the molecule is CCCNc1nc(C)cc(NCc2ncccc2C)n1. The number of nitrogens with zero attached hydrogens (tertiary/aromatic N) is 3. The molecule has 0 aliphatic heterocycles. The lowest BCUT2D eigenvalue weighted by atomic mass is 10.2. The molecule has 0 spiro atoms. The smallest absolute Gasteiger partial charge is 0.224 e. The molecule has 0 bridgehead atoms. The number of rotatable bonds is 6. The standard InChI is InChI=1S/C15H21N5/c1-4-7-17-15-19-12(3)9-14(20-15)18-10-13-11(2)6-5-8-16-13/h5-6,8-9H,4,7,10H2,1-3H3,(H2,17,18,19,20). The molecule has 20 heavy (non-hydrogen) atoms. The zero-order valence-electron chi connectivity index (χ0n) is 12.3. The monoisotopic (exact) mass is 271 g/mol. The van der Waals surface area contributed by atoms with Crippen LogP contribution in [0.25, 0.3) is 0 Å². The largest absolute Gasteiger partial charge is 0.364 e. The minimum atomic E-state index is 0.663. The van der Waals surface area contributed by atoms with E-state index in [1.807, 2.05) is 25.3 Å². The molecule has 2 rings (SSSR count). The molecule has 0 unspecified atom stereocenters. The Hall–Kier alpha value is -2.17. The van der Waals surface area contributed by atoms with Gasteiger partial charge >= 0.3 is 0 Å². The molecular formula is C15H21N5. The summed E-state index contributed by atoms with van der Waals surface area (Å²) in [5.41, 5.74) is 3.15. The second kappa shape index (κ2) is 6.84. The van der Waals surface area contributed by atoms with Crippen LogP contribution in [0.3, 0.4) is 0 Å². The Bertz CT molecular complexity index is 568. The maximum Gasteiger partial charge on any atom is 0.224 e. The topological polar surface area (TPSA) is 62.7 Å². The molecule has 2 N–H and O–H groups in total. The fraction of sp³-hybridized carbons (Fsp3) is 0.400. The van der Waals surface area contributed by atoms with Crippen molar-refractivity contribution in [1.29, 1.82) is 0 Å². The highest BCUT2D eigenvalue weighted by Gasteiger charge is 2.03. The van der Waals surface area contributed by atoms with Gasteiger partial charge in [0.05, 0.1) is 12.2 Å². The second-order valence-electron chi connectivity index (χ2n) is 4.77. The van der Waals surface area contributed by atoms with Crippen molar-refractivity contribution in [1.82, 2.24) is 15.0 Å². The maximum absolute atomic E-state index is 4.45. The summed E-state index contributed by atoms with van der Waals surface area (Å²) in [6.07, 6.45) is 2.86. The van der Waals surface area contributed by atoms with Crippen LogP contribution in [0.5, 0.6) is 0 Å². The lowest BCUT2D eigenvalue weighted by Crippen LogP contribution is -2.09. The zero-order chi connectivity index (χ0) is 14.4. The van der Waals surface area contributed by atoms with Crippen LogP contribution in [0.2, 0.25) is 0 Å². The third-order valence-corrected chi connectivity index (χ3v) is 2.94. The van der Waals surface area contributed by atoms with E-state index in [-0.39, 0.29) is 0 Å². The molecule has 0 atom stereocenters. The Morgan fingerprint density at radius 3 is 2.75 bits per heavy atom. The average Bonchev–Trinajstić information content (AvgIpc) is 2.44. The molecule has 2 aromatic rings. The third kappa shape index (κ3) is 3.91. The Balaban J connectivity index is 2.05. The number of nitrogens with one attached hydrogen (secondary N) is 2. The Morgan fingerprint density at radius 1 is 1.15 bits per heavy atom. The van der Waals surface area contributed by atoms with Crippen LogP contribution in [-0.2, 0) is 6.54 Å². The van der Waals surface area contributed by atoms with Crippen molar-refractivity contribution in [2.45, 2.75) is 33.7 Å². The number of anilines is 2. The summed E-state index contributed by atoms with van der Waals surface area (Å²) in [5.74, 6) is 1.49. The predicted octanol–water partition coefficient (Wildman–Crippen LogP) is 2.92. The van der Waals surface area contributed by atoms with E-state index in [4.69, 9.17) is 0 Å². The molecule has 0 aliphatic rings. The van der Waals surface area contributed by atoms with E-state index < -0.39 is 0 Å². The molecule has 2 heterocycles. The molecule has 0 aliphatic carbocycles. The van der Waals surface area contributed by atoms with E-state index in [1.54, 1.807) is 0 Å². The van der Waals surface area contributed by atoms with E-state index in [2.05, 4.69) is 45.5 Å². The summed E-state index contributed by atoms with van der Waals surface area (Å²) >= 11 is 0. The van der Waals surface area contributed by atoms with Gasteiger partial charge < -0.3 is 10.6 Å². The molecule has 0 aromatic carbocycles. The van der Waals surface area contributed by atoms with Crippen molar-refractivity contribution in [2.24, 2.45) is 0 Å². The molecule has 5 heteroatoms. The summed E-state index contributed by atoms with van der Waals surface area (Å²) in [5, 5.41) is 6.51. The van der Waals surface area contributed by atoms with E-state index >= 15 is 0 Å². The summed E-state index contributed by atoms with van der Waals surface area (Å²) in [7, 11) is 0. The number of hydrogen-bond donors (Lipinski definition) is 2. The fourth-order valence-corrected chi connectivity index (χ4v) is 1.85. The number of aryl methyl sites for hydroxylation is 2. The number of pyridine rings is 1. The summed E-state index contributed by atoms with van der Waals surface area (Å²) < 4.78 is 0. The van der Waals surface area contributed by atoms with E-state index in [1.165, 1.54) is 5.56 Å². The van der Waals surface area contributed by atoms with Gasteiger partial charge in [-0.1, -0.05) is 13.0 Å². The van der Waals surface area contributed by atoms with Crippen LogP contribution in [0.1, 0.15) is 30.3 Å². The lowest BCUT2D eigenvalue weighted by molar-refractivity contribution is 0.939. The maximum atomic E-state index is 4.45. The Labute approximate surface area is 119 Å². The molecule has 0 saturated heterocycles. The average molecular weight is 271 g/mol. The van der Waals surface area contributed by atoms with Crippen molar-refractivity contribution >= 4 is 11.8 Å². The first-order chi connectivity index (χ1) is 9.69. The van der Waals surface area contributed by atoms with Crippen LogP contribution in [0, 0.1) is 13.8 Å². The highest BCUT2D eigenvalue weighted by molar-refractivity contribution is 5.42. The van der Waals surface area contributed by atoms with Crippen molar-refractivity contribution in [3.05, 3.63) is 41.3 Å². The fourth-order valence-electron chi connectivity index (χ4n) is 1.85. The van der Waals surface area contributed by atoms with Gasteiger partial charge in [-0.05, 0) is 31.9 Å². The van der Waals surface area contributed by atoms with Gasteiger partial charge in [-0.15, -0.1) is 0 Å². The molecule has 0 saturated carbocycles. The van der Waals surface area contributed by atoms with Gasteiger partial charge in [0, 0.05) is 24.5 Å². The summed E-state index contributed by atoms with van der Waals surface area (Å²) in [6.45, 7) is 7.68. The molecule has 106 valence electrons. The first-order valence-electron chi connectivity index (χ1n) is 6.93. The third-order valence-electron chi connectivity index (χ3n) is 2.94. The highest BCUT2D eigenvalue weighted by atomic mass is 15.1. The number of aromatic nitrogens is 3. The lowest BCUT2D eigenvalue weighted by Gasteiger charge is -2.10. The molecule has 2 aromatic heterocycles. The highest BCUT2D eigenvalue weighted by Crippen LogP contribution is 2.12. The minimum Gasteiger partial charge on any atom is -0.364 e. The zero-order valence-corrected chi connectivity index (χ0v) is 12.3. The van der Waals surface area contributed by atoms with Crippen LogP contribution in [0.15, 0.2) is 24.4 Å². The van der Waals surface area contributed by atoms with Crippen LogP contribution in [0.4, 0.5) is 11.8 Å². The molecular weight excluding hydrogens is 250 g/mol. The molecule has 0 fully saturated rings. The van der Waals surface area contributed by atoms with Gasteiger partial charge in [-0.2, -0.15) is 4.98 Å². The molecule has 0 amide bonds. The van der Waals surface area contributed by atoms with Crippen LogP contribution in [-0.4, -0.2) is 21.5 Å². The van der Waals surface area contributed by atoms with Gasteiger partial charge in [0.2, 0.25) is 5.95 Å². The van der Waals surface area contributed by atoms with Gasteiger partial charge in [0.15, 0.2) is 0 Å². The van der Waals surface area contributed by atoms with Crippen molar-refractivity contribution < 1.29 is 0 Å². The molecule has 0 radical (unpaired) electrons. The van der Waals surface area contributed by atoms with Crippen molar-refractivity contribution in [3.63, 3.8) is 0 Å². The van der Waals surface area contributed by atoms with Gasteiger partial charge in [0.1, 0.15) is 5.82 Å². The van der Waals surface area contributed by atoms with E-state index in [0.29, 0.717) is 12.5 Å². The second-order valence-corrected chi connectivity index (χ2v) is 4.77. The van der Waals surface area contributed by atoms with E-state index in [0.717, 1.165) is 30.2 Å². The van der Waals surface area contributed by atoms with Crippen LogP contribution < -0.4 is 10.6 Å². The first-order valence-corrected chi connectivity index (χ1v) is 6.93. The summed E-state index contributed by atoms with van der Waals surface area (Å²) in [4.78, 5) is 13.2. The Morgan fingerprint density at radius 2 is 2.00 bits per heavy atom. The van der Waals surface area contributed by atoms with Gasteiger partial charge in [-0.25, -0.2) is 4.98 Å².